The number of nitrogens with zero attached hydrogens (tertiary/aromatic N) is 4. The molecule has 164 valence electrons. The van der Waals surface area contributed by atoms with Crippen LogP contribution in [0, 0.1) is 6.92 Å². The van der Waals surface area contributed by atoms with Gasteiger partial charge >= 0.3 is 0 Å². The molecule has 5 aromatic rings. The zero-order valence-electron chi connectivity index (χ0n) is 19.1. The first-order chi connectivity index (χ1) is 16.1. The standard InChI is InChI=1S/C28H26N4O/c1-4-19(2)31-20(3)24(22-14-9-11-17-26(22)31)18-29-32-27(21-12-6-5-7-13-21)30-25-16-10-8-15-23(25)28(32)33/h5-19H,4H2,1-3H3/t19-/m1/s1. The smallest absolute Gasteiger partial charge is 0.282 e. The Hall–Kier alpha value is -3.99. The second-order valence-corrected chi connectivity index (χ2v) is 8.32. The lowest BCUT2D eigenvalue weighted by molar-refractivity contribution is 0.537. The third-order valence-corrected chi connectivity index (χ3v) is 6.32. The summed E-state index contributed by atoms with van der Waals surface area (Å²) in [4.78, 5) is 18.3. The highest BCUT2D eigenvalue weighted by molar-refractivity contribution is 6.01. The number of rotatable bonds is 5. The molecule has 0 saturated carbocycles. The quantitative estimate of drug-likeness (QED) is 0.310. The van der Waals surface area contributed by atoms with Gasteiger partial charge in [0.15, 0.2) is 5.82 Å². The van der Waals surface area contributed by atoms with Gasteiger partial charge in [-0.2, -0.15) is 9.78 Å². The molecule has 5 rings (SSSR count). The molecular weight excluding hydrogens is 408 g/mol. The lowest BCUT2D eigenvalue weighted by atomic mass is 10.1. The molecule has 0 amide bonds. The predicted octanol–water partition coefficient (Wildman–Crippen LogP) is 6.18. The van der Waals surface area contributed by atoms with Crippen molar-refractivity contribution < 1.29 is 0 Å². The molecule has 2 aromatic heterocycles. The van der Waals surface area contributed by atoms with Crippen LogP contribution < -0.4 is 5.56 Å². The summed E-state index contributed by atoms with van der Waals surface area (Å²) in [6, 6.07) is 25.8. The lowest BCUT2D eigenvalue weighted by Gasteiger charge is -2.15. The highest BCUT2D eigenvalue weighted by Gasteiger charge is 2.17. The van der Waals surface area contributed by atoms with E-state index in [0.29, 0.717) is 22.8 Å². The fourth-order valence-corrected chi connectivity index (χ4v) is 4.45. The highest BCUT2D eigenvalue weighted by atomic mass is 16.1. The first-order valence-electron chi connectivity index (χ1n) is 11.3. The van der Waals surface area contributed by atoms with Crippen LogP contribution in [0.3, 0.4) is 0 Å². The predicted molar refractivity (Wildman–Crippen MR) is 136 cm³/mol. The van der Waals surface area contributed by atoms with E-state index < -0.39 is 0 Å². The number of fused-ring (bicyclic) bond motifs is 2. The molecule has 0 fully saturated rings. The molecule has 0 aliphatic heterocycles. The molecule has 33 heavy (non-hydrogen) atoms. The minimum Gasteiger partial charge on any atom is -0.341 e. The Labute approximate surface area is 192 Å². The summed E-state index contributed by atoms with van der Waals surface area (Å²) in [6.07, 6.45) is 2.84. The van der Waals surface area contributed by atoms with Crippen LogP contribution in [0.1, 0.15) is 37.6 Å². The monoisotopic (exact) mass is 434 g/mol. The minimum absolute atomic E-state index is 0.181. The molecule has 0 bridgehead atoms. The Kier molecular flexibility index (Phi) is 5.38. The van der Waals surface area contributed by atoms with Crippen molar-refractivity contribution in [3.63, 3.8) is 0 Å². The van der Waals surface area contributed by atoms with Gasteiger partial charge in [-0.3, -0.25) is 4.79 Å². The Morgan fingerprint density at radius 2 is 1.61 bits per heavy atom. The summed E-state index contributed by atoms with van der Waals surface area (Å²) in [5.41, 5.74) is 4.66. The largest absolute Gasteiger partial charge is 0.341 e. The summed E-state index contributed by atoms with van der Waals surface area (Å²) < 4.78 is 3.78. The number of hydrogen-bond donors (Lipinski definition) is 0. The van der Waals surface area contributed by atoms with E-state index in [2.05, 4.69) is 43.5 Å². The molecule has 0 saturated heterocycles. The minimum atomic E-state index is -0.181. The van der Waals surface area contributed by atoms with Crippen molar-refractivity contribution in [2.45, 2.75) is 33.2 Å². The zero-order chi connectivity index (χ0) is 22.9. The van der Waals surface area contributed by atoms with Crippen molar-refractivity contribution in [3.8, 4) is 11.4 Å². The van der Waals surface area contributed by atoms with Gasteiger partial charge in [0.2, 0.25) is 0 Å². The van der Waals surface area contributed by atoms with Gasteiger partial charge in [-0.25, -0.2) is 4.98 Å². The Bertz CT molecular complexity index is 1540. The molecule has 0 unspecified atom stereocenters. The molecule has 0 aliphatic rings. The fraction of sp³-hybridized carbons (Fsp3) is 0.179. The Morgan fingerprint density at radius 1 is 0.939 bits per heavy atom. The van der Waals surface area contributed by atoms with Crippen LogP contribution >= 0.6 is 0 Å². The molecule has 5 nitrogen and oxygen atoms in total. The first-order valence-corrected chi connectivity index (χ1v) is 11.3. The van der Waals surface area contributed by atoms with Crippen molar-refractivity contribution in [1.82, 2.24) is 14.2 Å². The van der Waals surface area contributed by atoms with Crippen LogP contribution in [0.4, 0.5) is 0 Å². The molecule has 2 heterocycles. The van der Waals surface area contributed by atoms with E-state index in [0.717, 1.165) is 28.6 Å². The third-order valence-electron chi connectivity index (χ3n) is 6.32. The van der Waals surface area contributed by atoms with Gasteiger partial charge in [-0.1, -0.05) is 67.6 Å². The fourth-order valence-electron chi connectivity index (χ4n) is 4.45. The van der Waals surface area contributed by atoms with Crippen LogP contribution in [0.2, 0.25) is 0 Å². The van der Waals surface area contributed by atoms with E-state index >= 15 is 0 Å². The van der Waals surface area contributed by atoms with Crippen molar-refractivity contribution in [3.05, 3.63) is 100 Å². The second kappa shape index (κ2) is 8.51. The maximum atomic E-state index is 13.5. The van der Waals surface area contributed by atoms with Crippen molar-refractivity contribution >= 4 is 28.0 Å². The Balaban J connectivity index is 1.75. The average molecular weight is 435 g/mol. The topological polar surface area (TPSA) is 52.2 Å². The maximum Gasteiger partial charge on any atom is 0.282 e. The number of benzene rings is 3. The zero-order valence-corrected chi connectivity index (χ0v) is 19.1. The highest BCUT2D eigenvalue weighted by Crippen LogP contribution is 2.29. The molecule has 5 heteroatoms. The average Bonchev–Trinajstić information content (AvgIpc) is 3.14. The number of hydrogen-bond acceptors (Lipinski definition) is 3. The van der Waals surface area contributed by atoms with Crippen LogP contribution in [0.25, 0.3) is 33.2 Å². The normalized spacial score (nSPS) is 12.7. The van der Waals surface area contributed by atoms with E-state index in [4.69, 9.17) is 10.1 Å². The van der Waals surface area contributed by atoms with E-state index in [1.54, 1.807) is 12.3 Å². The van der Waals surface area contributed by atoms with E-state index in [9.17, 15) is 4.79 Å². The van der Waals surface area contributed by atoms with Crippen LogP contribution in [-0.2, 0) is 0 Å². The first kappa shape index (κ1) is 20.9. The molecule has 0 radical (unpaired) electrons. The van der Waals surface area contributed by atoms with Crippen molar-refractivity contribution in [2.24, 2.45) is 5.10 Å². The van der Waals surface area contributed by atoms with Crippen LogP contribution in [0.15, 0.2) is 88.8 Å². The number of para-hydroxylation sites is 2. The Morgan fingerprint density at radius 3 is 2.36 bits per heavy atom. The molecule has 0 spiro atoms. The summed E-state index contributed by atoms with van der Waals surface area (Å²) in [5.74, 6) is 0.527. The van der Waals surface area contributed by atoms with Crippen molar-refractivity contribution in [2.75, 3.05) is 0 Å². The summed E-state index contributed by atoms with van der Waals surface area (Å²) in [7, 11) is 0. The van der Waals surface area contributed by atoms with Gasteiger partial charge in [0.05, 0.1) is 17.1 Å². The third kappa shape index (κ3) is 3.55. The van der Waals surface area contributed by atoms with Crippen LogP contribution in [0.5, 0.6) is 0 Å². The van der Waals surface area contributed by atoms with Gasteiger partial charge in [-0.05, 0) is 38.5 Å². The number of aromatic nitrogens is 3. The lowest BCUT2D eigenvalue weighted by Crippen LogP contribution is -2.20. The SMILES string of the molecule is CC[C@@H](C)n1c(C)c(C=Nn2c(-c3ccccc3)nc3ccccc3c2=O)c2ccccc21. The summed E-state index contributed by atoms with van der Waals surface area (Å²) in [6.45, 7) is 6.54. The van der Waals surface area contributed by atoms with E-state index in [1.807, 2.05) is 54.6 Å². The van der Waals surface area contributed by atoms with Crippen molar-refractivity contribution in [1.29, 1.82) is 0 Å². The van der Waals surface area contributed by atoms with Gasteiger partial charge in [0.25, 0.3) is 5.56 Å². The van der Waals surface area contributed by atoms with E-state index in [-0.39, 0.29) is 5.56 Å². The summed E-state index contributed by atoms with van der Waals surface area (Å²) in [5, 5.41) is 6.39. The summed E-state index contributed by atoms with van der Waals surface area (Å²) >= 11 is 0. The van der Waals surface area contributed by atoms with Gasteiger partial charge < -0.3 is 4.57 Å². The van der Waals surface area contributed by atoms with Gasteiger partial charge in [0, 0.05) is 33.8 Å². The molecule has 0 aliphatic carbocycles. The molecule has 0 N–H and O–H groups in total. The molecule has 3 aromatic carbocycles. The second-order valence-electron chi connectivity index (χ2n) is 8.32. The van der Waals surface area contributed by atoms with Crippen LogP contribution in [-0.4, -0.2) is 20.4 Å². The van der Waals surface area contributed by atoms with E-state index in [1.165, 1.54) is 10.2 Å². The molecular formula is C28H26N4O. The molecule has 1 atom stereocenters. The van der Waals surface area contributed by atoms with Gasteiger partial charge in [-0.15, -0.1) is 0 Å². The van der Waals surface area contributed by atoms with Gasteiger partial charge in [0.1, 0.15) is 0 Å². The maximum absolute atomic E-state index is 13.5.